The maximum absolute atomic E-state index is 12.5. The van der Waals surface area contributed by atoms with E-state index < -0.39 is 12.2 Å². The molecule has 3 heterocycles. The summed E-state index contributed by atoms with van der Waals surface area (Å²) in [4.78, 5) is 16.8. The Morgan fingerprint density at radius 1 is 1.00 bits per heavy atom. The first-order valence-electron chi connectivity index (χ1n) is 10.1. The number of rotatable bonds is 5. The summed E-state index contributed by atoms with van der Waals surface area (Å²) in [5.74, 6) is 0. The van der Waals surface area contributed by atoms with Crippen LogP contribution in [0.5, 0.6) is 0 Å². The first-order chi connectivity index (χ1) is 14.8. The molecule has 4 atom stereocenters. The molecule has 3 aromatic rings. The molecule has 2 aliphatic heterocycles. The zero-order valence-electron chi connectivity index (χ0n) is 16.4. The molecule has 5 rings (SSSR count). The summed E-state index contributed by atoms with van der Waals surface area (Å²) in [6.45, 7) is 1.46. The van der Waals surface area contributed by atoms with E-state index in [1.54, 1.807) is 6.20 Å². The van der Waals surface area contributed by atoms with Crippen LogP contribution in [0, 0.1) is 0 Å². The van der Waals surface area contributed by atoms with Crippen molar-refractivity contribution in [3.8, 4) is 0 Å². The minimum atomic E-state index is -0.505. The molecule has 7 nitrogen and oxygen atoms in total. The second-order valence-electron chi connectivity index (χ2n) is 7.50. The fraction of sp³-hybridized carbons (Fsp3) is 0.304. The summed E-state index contributed by atoms with van der Waals surface area (Å²) in [7, 11) is 0. The lowest BCUT2D eigenvalue weighted by atomic mass is 10.1. The fourth-order valence-electron chi connectivity index (χ4n) is 4.09. The van der Waals surface area contributed by atoms with E-state index in [1.807, 2.05) is 60.7 Å². The van der Waals surface area contributed by atoms with E-state index in [1.165, 1.54) is 0 Å². The van der Waals surface area contributed by atoms with Crippen molar-refractivity contribution in [3.63, 3.8) is 0 Å². The van der Waals surface area contributed by atoms with E-state index in [0.717, 1.165) is 22.2 Å². The lowest BCUT2D eigenvalue weighted by Crippen LogP contribution is -2.41. The van der Waals surface area contributed by atoms with Gasteiger partial charge in [-0.05, 0) is 23.6 Å². The van der Waals surface area contributed by atoms with Crippen LogP contribution in [0.4, 0.5) is 10.5 Å². The van der Waals surface area contributed by atoms with Crippen molar-refractivity contribution in [2.75, 3.05) is 18.5 Å². The Kier molecular flexibility index (Phi) is 5.31. The number of hydrogen-bond acceptors (Lipinski definition) is 6. The summed E-state index contributed by atoms with van der Waals surface area (Å²) >= 11 is 0. The van der Waals surface area contributed by atoms with Crippen molar-refractivity contribution in [2.24, 2.45) is 0 Å². The van der Waals surface area contributed by atoms with Gasteiger partial charge in [0.15, 0.2) is 6.10 Å². The second kappa shape index (κ2) is 8.39. The van der Waals surface area contributed by atoms with Crippen LogP contribution in [0.3, 0.4) is 0 Å². The number of aromatic nitrogens is 1. The number of pyridine rings is 1. The van der Waals surface area contributed by atoms with E-state index in [-0.39, 0.29) is 18.2 Å². The summed E-state index contributed by atoms with van der Waals surface area (Å²) in [6.07, 6.45) is 0.407. The molecule has 2 aromatic carbocycles. The highest BCUT2D eigenvalue weighted by Gasteiger charge is 2.49. The van der Waals surface area contributed by atoms with Gasteiger partial charge in [-0.15, -0.1) is 0 Å². The highest BCUT2D eigenvalue weighted by Crippen LogP contribution is 2.30. The Bertz CT molecular complexity index is 1020. The van der Waals surface area contributed by atoms with Crippen molar-refractivity contribution in [2.45, 2.75) is 30.9 Å². The lowest BCUT2D eigenvalue weighted by Gasteiger charge is -2.18. The summed E-state index contributed by atoms with van der Waals surface area (Å²) in [6, 6.07) is 19.5. The quantitative estimate of drug-likeness (QED) is 0.679. The lowest BCUT2D eigenvalue weighted by molar-refractivity contribution is 0.00855. The highest BCUT2D eigenvalue weighted by molar-refractivity contribution is 6.00. The minimum absolute atomic E-state index is 0.0340. The molecule has 1 amide bonds. The molecule has 7 heteroatoms. The largest absolute Gasteiger partial charge is 0.441 e. The molecular weight excluding hydrogens is 382 g/mol. The molecule has 0 spiro atoms. The van der Waals surface area contributed by atoms with E-state index in [9.17, 15) is 4.79 Å². The number of hydrogen-bond donors (Lipinski definition) is 2. The number of carbonyl (C=O) groups is 1. The van der Waals surface area contributed by atoms with Crippen molar-refractivity contribution in [3.05, 3.63) is 72.6 Å². The number of fused-ring (bicyclic) bond motifs is 2. The average molecular weight is 405 g/mol. The molecule has 1 aromatic heterocycles. The smallest absolute Gasteiger partial charge is 0.412 e. The molecule has 30 heavy (non-hydrogen) atoms. The molecule has 2 fully saturated rings. The van der Waals surface area contributed by atoms with E-state index in [2.05, 4.69) is 15.6 Å². The zero-order chi connectivity index (χ0) is 20.3. The third-order valence-electron chi connectivity index (χ3n) is 5.56. The van der Waals surface area contributed by atoms with Crippen LogP contribution in [0.2, 0.25) is 0 Å². The Morgan fingerprint density at radius 2 is 1.83 bits per heavy atom. The number of nitrogens with zero attached hydrogens (tertiary/aromatic N) is 1. The van der Waals surface area contributed by atoms with Crippen LogP contribution in [0.25, 0.3) is 10.8 Å². The number of amides is 1. The standard InChI is InChI=1S/C23H23N3O4/c27-23(26-18-10-5-7-15-6-1-2-9-17(15)18)30-20-14-29-21-19(13-28-22(20)21)25-12-16-8-3-4-11-24-16/h1-11,19-22,25H,12-14H2,(H,26,27)/t19-,20-,21-,22+/m0/s1. The maximum atomic E-state index is 12.5. The molecular formula is C23H23N3O4. The number of benzene rings is 2. The van der Waals surface area contributed by atoms with Crippen molar-refractivity contribution >= 4 is 22.6 Å². The van der Waals surface area contributed by atoms with Crippen LogP contribution < -0.4 is 10.6 Å². The van der Waals surface area contributed by atoms with Gasteiger partial charge < -0.3 is 19.5 Å². The van der Waals surface area contributed by atoms with Crippen LogP contribution in [-0.4, -0.2) is 48.6 Å². The predicted octanol–water partition coefficient (Wildman–Crippen LogP) is 3.11. The summed E-state index contributed by atoms with van der Waals surface area (Å²) in [5.41, 5.74) is 1.68. The summed E-state index contributed by atoms with van der Waals surface area (Å²) < 4.78 is 17.4. The third kappa shape index (κ3) is 3.87. The van der Waals surface area contributed by atoms with Gasteiger partial charge in [0.1, 0.15) is 12.2 Å². The van der Waals surface area contributed by atoms with Crippen LogP contribution in [0.1, 0.15) is 5.69 Å². The Balaban J connectivity index is 1.18. The van der Waals surface area contributed by atoms with E-state index >= 15 is 0 Å². The Labute approximate surface area is 174 Å². The van der Waals surface area contributed by atoms with Crippen molar-refractivity contribution < 1.29 is 19.0 Å². The Hall–Kier alpha value is -3.00. The number of nitrogens with one attached hydrogen (secondary N) is 2. The monoisotopic (exact) mass is 405 g/mol. The molecule has 154 valence electrons. The predicted molar refractivity (Wildman–Crippen MR) is 112 cm³/mol. The van der Waals surface area contributed by atoms with Gasteiger partial charge in [0.2, 0.25) is 0 Å². The summed E-state index contributed by atoms with van der Waals surface area (Å²) in [5, 5.41) is 8.31. The van der Waals surface area contributed by atoms with Crippen LogP contribution in [0.15, 0.2) is 66.9 Å². The number of ether oxygens (including phenoxy) is 3. The van der Waals surface area contributed by atoms with Gasteiger partial charge in [0, 0.05) is 18.1 Å². The molecule has 2 aliphatic rings. The number of anilines is 1. The van der Waals surface area contributed by atoms with Crippen molar-refractivity contribution in [1.82, 2.24) is 10.3 Å². The van der Waals surface area contributed by atoms with Crippen LogP contribution in [-0.2, 0) is 20.8 Å². The molecule has 2 N–H and O–H groups in total. The molecule has 0 aliphatic carbocycles. The first-order valence-corrected chi connectivity index (χ1v) is 10.1. The molecule has 0 bridgehead atoms. The minimum Gasteiger partial charge on any atom is -0.441 e. The molecule has 0 radical (unpaired) electrons. The average Bonchev–Trinajstić information content (AvgIpc) is 3.36. The van der Waals surface area contributed by atoms with Gasteiger partial charge in [0.05, 0.1) is 30.6 Å². The Morgan fingerprint density at radius 3 is 2.73 bits per heavy atom. The number of carbonyl (C=O) groups excluding carboxylic acids is 1. The van der Waals surface area contributed by atoms with E-state index in [4.69, 9.17) is 14.2 Å². The zero-order valence-corrected chi connectivity index (χ0v) is 16.4. The fourth-order valence-corrected chi connectivity index (χ4v) is 4.09. The SMILES string of the molecule is O=C(Nc1cccc2ccccc12)O[C@H]1CO[C@@H]2[C@@H]1OC[C@@H]2NCc1ccccn1. The normalized spacial score (nSPS) is 25.2. The maximum Gasteiger partial charge on any atom is 0.412 e. The van der Waals surface area contributed by atoms with Gasteiger partial charge >= 0.3 is 6.09 Å². The van der Waals surface area contributed by atoms with Gasteiger partial charge in [-0.1, -0.05) is 42.5 Å². The molecule has 0 saturated carbocycles. The highest BCUT2D eigenvalue weighted by atomic mass is 16.6. The first kappa shape index (κ1) is 19.0. The second-order valence-corrected chi connectivity index (χ2v) is 7.50. The van der Waals surface area contributed by atoms with Gasteiger partial charge in [-0.3, -0.25) is 10.3 Å². The van der Waals surface area contributed by atoms with Gasteiger partial charge in [0.25, 0.3) is 0 Å². The third-order valence-corrected chi connectivity index (χ3v) is 5.56. The van der Waals surface area contributed by atoms with E-state index in [0.29, 0.717) is 19.8 Å². The van der Waals surface area contributed by atoms with Crippen molar-refractivity contribution in [1.29, 1.82) is 0 Å². The topological polar surface area (TPSA) is 81.7 Å². The molecule has 2 saturated heterocycles. The van der Waals surface area contributed by atoms with Gasteiger partial charge in [-0.25, -0.2) is 4.79 Å². The van der Waals surface area contributed by atoms with Crippen LogP contribution >= 0.6 is 0 Å². The molecule has 0 unspecified atom stereocenters. The van der Waals surface area contributed by atoms with Gasteiger partial charge in [-0.2, -0.15) is 0 Å².